The molecule has 0 heterocycles. The van der Waals surface area contributed by atoms with Gasteiger partial charge in [-0.25, -0.2) is 0 Å². The predicted octanol–water partition coefficient (Wildman–Crippen LogP) is 5.98. The van der Waals surface area contributed by atoms with Gasteiger partial charge in [-0.05, 0) is 47.5 Å². The van der Waals surface area contributed by atoms with Crippen LogP contribution in [0.3, 0.4) is 0 Å². The summed E-state index contributed by atoms with van der Waals surface area (Å²) in [6.45, 7) is 1.97. The molecular formula is C18H14Cl2N2. The van der Waals surface area contributed by atoms with Crippen molar-refractivity contribution in [1.82, 2.24) is 0 Å². The molecule has 0 atom stereocenters. The maximum absolute atomic E-state index is 5.99. The molecule has 0 aliphatic heterocycles. The van der Waals surface area contributed by atoms with Crippen molar-refractivity contribution in [3.8, 4) is 0 Å². The molecule has 0 amide bonds. The third kappa shape index (κ3) is 3.24. The number of benzene rings is 3. The molecule has 0 radical (unpaired) electrons. The van der Waals surface area contributed by atoms with Crippen LogP contribution >= 0.6 is 23.2 Å². The van der Waals surface area contributed by atoms with Crippen LogP contribution < -0.4 is 5.43 Å². The van der Waals surface area contributed by atoms with E-state index < -0.39 is 0 Å². The zero-order valence-electron chi connectivity index (χ0n) is 12.0. The second-order valence-electron chi connectivity index (χ2n) is 5.00. The highest BCUT2D eigenvalue weighted by atomic mass is 35.5. The van der Waals surface area contributed by atoms with E-state index in [0.717, 1.165) is 17.0 Å². The first-order valence-electron chi connectivity index (χ1n) is 6.88. The predicted molar refractivity (Wildman–Crippen MR) is 96.2 cm³/mol. The smallest absolute Gasteiger partial charge is 0.0648 e. The molecule has 3 aromatic rings. The van der Waals surface area contributed by atoms with Crippen LogP contribution in [0, 0.1) is 0 Å². The molecule has 3 rings (SSSR count). The van der Waals surface area contributed by atoms with Crippen molar-refractivity contribution in [2.45, 2.75) is 6.92 Å². The molecule has 0 spiro atoms. The van der Waals surface area contributed by atoms with Gasteiger partial charge in [-0.3, -0.25) is 5.43 Å². The van der Waals surface area contributed by atoms with Crippen LogP contribution in [0.25, 0.3) is 10.8 Å². The fraction of sp³-hybridized carbons (Fsp3) is 0.0556. The number of halogens is 2. The Bertz CT molecular complexity index is 857. The quantitative estimate of drug-likeness (QED) is 0.464. The molecule has 110 valence electrons. The third-order valence-corrected chi connectivity index (χ3v) is 4.18. The highest BCUT2D eigenvalue weighted by Crippen LogP contribution is 2.25. The molecule has 0 unspecified atom stereocenters. The molecule has 0 aromatic heterocycles. The number of anilines is 1. The van der Waals surface area contributed by atoms with E-state index in [-0.39, 0.29) is 0 Å². The normalized spacial score (nSPS) is 11.7. The molecule has 2 nitrogen and oxygen atoms in total. The van der Waals surface area contributed by atoms with Gasteiger partial charge in [-0.1, -0.05) is 59.6 Å². The first kappa shape index (κ1) is 14.9. The molecular weight excluding hydrogens is 315 g/mol. The van der Waals surface area contributed by atoms with Gasteiger partial charge in [0.15, 0.2) is 0 Å². The Morgan fingerprint density at radius 3 is 2.41 bits per heavy atom. The van der Waals surface area contributed by atoms with E-state index in [9.17, 15) is 0 Å². The Morgan fingerprint density at radius 1 is 0.864 bits per heavy atom. The summed E-state index contributed by atoms with van der Waals surface area (Å²) in [6.07, 6.45) is 0. The van der Waals surface area contributed by atoms with Gasteiger partial charge >= 0.3 is 0 Å². The fourth-order valence-corrected chi connectivity index (χ4v) is 2.49. The Morgan fingerprint density at radius 2 is 1.64 bits per heavy atom. The van der Waals surface area contributed by atoms with E-state index >= 15 is 0 Å². The van der Waals surface area contributed by atoms with Crippen LogP contribution in [0.4, 0.5) is 5.69 Å². The molecule has 1 N–H and O–H groups in total. The van der Waals surface area contributed by atoms with Crippen molar-refractivity contribution in [3.63, 3.8) is 0 Å². The van der Waals surface area contributed by atoms with Gasteiger partial charge in [0.25, 0.3) is 0 Å². The molecule has 0 bridgehead atoms. The lowest BCUT2D eigenvalue weighted by molar-refractivity contribution is 1.32. The van der Waals surface area contributed by atoms with Crippen LogP contribution in [0.2, 0.25) is 10.0 Å². The van der Waals surface area contributed by atoms with Crippen molar-refractivity contribution in [3.05, 3.63) is 76.3 Å². The highest BCUT2D eigenvalue weighted by molar-refractivity contribution is 6.42. The zero-order valence-corrected chi connectivity index (χ0v) is 13.5. The van der Waals surface area contributed by atoms with E-state index in [1.54, 1.807) is 12.1 Å². The van der Waals surface area contributed by atoms with Crippen molar-refractivity contribution in [2.24, 2.45) is 5.10 Å². The summed E-state index contributed by atoms with van der Waals surface area (Å²) in [4.78, 5) is 0. The van der Waals surface area contributed by atoms with Crippen LogP contribution in [-0.2, 0) is 0 Å². The van der Waals surface area contributed by atoms with Crippen molar-refractivity contribution in [2.75, 3.05) is 5.43 Å². The second kappa shape index (κ2) is 6.39. The van der Waals surface area contributed by atoms with Crippen molar-refractivity contribution in [1.29, 1.82) is 0 Å². The van der Waals surface area contributed by atoms with Gasteiger partial charge in [0.2, 0.25) is 0 Å². The van der Waals surface area contributed by atoms with Gasteiger partial charge in [0, 0.05) is 0 Å². The molecule has 0 saturated heterocycles. The second-order valence-corrected chi connectivity index (χ2v) is 5.81. The van der Waals surface area contributed by atoms with E-state index in [0.29, 0.717) is 10.0 Å². The number of hydrogen-bond donors (Lipinski definition) is 1. The molecule has 0 saturated carbocycles. The topological polar surface area (TPSA) is 24.4 Å². The Hall–Kier alpha value is -2.03. The summed E-state index contributed by atoms with van der Waals surface area (Å²) in [5, 5.41) is 7.86. The summed E-state index contributed by atoms with van der Waals surface area (Å²) in [7, 11) is 0. The number of nitrogens with one attached hydrogen (secondary N) is 1. The lowest BCUT2D eigenvalue weighted by Crippen LogP contribution is -1.99. The molecule has 22 heavy (non-hydrogen) atoms. The minimum Gasteiger partial charge on any atom is -0.278 e. The molecule has 0 aliphatic carbocycles. The monoisotopic (exact) mass is 328 g/mol. The Balaban J connectivity index is 1.84. The number of rotatable bonds is 3. The summed E-state index contributed by atoms with van der Waals surface area (Å²) in [6, 6.07) is 19.9. The Labute approximate surface area is 139 Å². The van der Waals surface area contributed by atoms with Gasteiger partial charge in [0.1, 0.15) is 0 Å². The Kier molecular flexibility index (Phi) is 4.32. The number of hydrogen-bond acceptors (Lipinski definition) is 2. The molecule has 3 aromatic carbocycles. The van der Waals surface area contributed by atoms with Crippen LogP contribution in [-0.4, -0.2) is 5.71 Å². The maximum Gasteiger partial charge on any atom is 0.0648 e. The summed E-state index contributed by atoms with van der Waals surface area (Å²) < 4.78 is 0. The standard InChI is InChI=1S/C18H14Cl2N2/c1-12(21-22-16-8-9-17(19)18(20)11-16)14-7-6-13-4-2-3-5-15(13)10-14/h2-11,22H,1H3/b21-12-. The SMILES string of the molecule is C/C(=N/Nc1ccc(Cl)c(Cl)c1)c1ccc2ccccc2c1. The average Bonchev–Trinajstić information content (AvgIpc) is 2.55. The summed E-state index contributed by atoms with van der Waals surface area (Å²) >= 11 is 11.9. The minimum absolute atomic E-state index is 0.505. The van der Waals surface area contributed by atoms with Gasteiger partial charge < -0.3 is 0 Å². The summed E-state index contributed by atoms with van der Waals surface area (Å²) in [5.74, 6) is 0. The van der Waals surface area contributed by atoms with Crippen molar-refractivity contribution >= 4 is 45.4 Å². The molecule has 0 aliphatic rings. The number of nitrogens with zero attached hydrogens (tertiary/aromatic N) is 1. The van der Waals surface area contributed by atoms with Gasteiger partial charge in [-0.15, -0.1) is 0 Å². The maximum atomic E-state index is 5.99. The van der Waals surface area contributed by atoms with E-state index in [1.807, 2.05) is 25.1 Å². The zero-order chi connectivity index (χ0) is 15.5. The van der Waals surface area contributed by atoms with E-state index in [2.05, 4.69) is 40.9 Å². The molecule has 4 heteroatoms. The largest absolute Gasteiger partial charge is 0.278 e. The molecule has 0 fully saturated rings. The average molecular weight is 329 g/mol. The lowest BCUT2D eigenvalue weighted by Gasteiger charge is -2.06. The van der Waals surface area contributed by atoms with Crippen LogP contribution in [0.1, 0.15) is 12.5 Å². The fourth-order valence-electron chi connectivity index (χ4n) is 2.19. The van der Waals surface area contributed by atoms with Gasteiger partial charge in [-0.2, -0.15) is 5.10 Å². The lowest BCUT2D eigenvalue weighted by atomic mass is 10.0. The van der Waals surface area contributed by atoms with Crippen LogP contribution in [0.15, 0.2) is 65.8 Å². The number of hydrazone groups is 1. The van der Waals surface area contributed by atoms with Crippen LogP contribution in [0.5, 0.6) is 0 Å². The van der Waals surface area contributed by atoms with Gasteiger partial charge in [0.05, 0.1) is 21.4 Å². The first-order chi connectivity index (χ1) is 10.6. The van der Waals surface area contributed by atoms with E-state index in [1.165, 1.54) is 10.8 Å². The van der Waals surface area contributed by atoms with Crippen molar-refractivity contribution < 1.29 is 0 Å². The third-order valence-electron chi connectivity index (χ3n) is 3.44. The van der Waals surface area contributed by atoms with E-state index in [4.69, 9.17) is 23.2 Å². The number of fused-ring (bicyclic) bond motifs is 1. The first-order valence-corrected chi connectivity index (χ1v) is 7.63. The summed E-state index contributed by atoms with van der Waals surface area (Å²) in [5.41, 5.74) is 5.78. The minimum atomic E-state index is 0.505. The highest BCUT2D eigenvalue weighted by Gasteiger charge is 2.01.